The number of fused-ring (bicyclic) bond motifs is 4. The molecule has 0 saturated carbocycles. The Balaban J connectivity index is 1.43. The second-order valence-corrected chi connectivity index (χ2v) is 11.0. The fourth-order valence-corrected chi connectivity index (χ4v) is 7.38. The number of carbonyl (C=O) groups excluding carboxylic acids is 2. The molecule has 1 unspecified atom stereocenters. The lowest BCUT2D eigenvalue weighted by Crippen LogP contribution is -2.30. The van der Waals surface area contributed by atoms with Gasteiger partial charge in [-0.25, -0.2) is 9.48 Å². The van der Waals surface area contributed by atoms with Crippen molar-refractivity contribution in [3.05, 3.63) is 36.8 Å². The van der Waals surface area contributed by atoms with Crippen LogP contribution in [-0.2, 0) is 41.8 Å². The molecular formula is C23H26N4O4S2. The fourth-order valence-electron chi connectivity index (χ4n) is 4.77. The van der Waals surface area contributed by atoms with Crippen LogP contribution in [-0.4, -0.2) is 33.5 Å². The Morgan fingerprint density at radius 2 is 1.97 bits per heavy atom. The summed E-state index contributed by atoms with van der Waals surface area (Å²) in [5, 5.41) is 12.2. The molecule has 0 aliphatic heterocycles. The molecule has 0 saturated heterocycles. The van der Waals surface area contributed by atoms with Crippen LogP contribution < -0.4 is 10.9 Å². The van der Waals surface area contributed by atoms with Crippen molar-refractivity contribution in [1.29, 1.82) is 0 Å². The molecule has 5 rings (SSSR count). The summed E-state index contributed by atoms with van der Waals surface area (Å²) >= 11 is 2.96. The number of esters is 1. The van der Waals surface area contributed by atoms with Gasteiger partial charge in [0.2, 0.25) is 5.91 Å². The number of aryl methyl sites for hydroxylation is 2. The Morgan fingerprint density at radius 1 is 1.15 bits per heavy atom. The lowest BCUT2D eigenvalue weighted by Gasteiger charge is -2.18. The highest BCUT2D eigenvalue weighted by Gasteiger charge is 2.29. The number of anilines is 1. The van der Waals surface area contributed by atoms with Gasteiger partial charge in [-0.15, -0.1) is 27.8 Å². The summed E-state index contributed by atoms with van der Waals surface area (Å²) in [4.78, 5) is 41.7. The molecule has 174 valence electrons. The minimum absolute atomic E-state index is 0.256. The average Bonchev–Trinajstić information content (AvgIpc) is 3.33. The topological polar surface area (TPSA) is 103 Å². The van der Waals surface area contributed by atoms with Crippen molar-refractivity contribution in [3.8, 4) is 0 Å². The normalized spacial score (nSPS) is 17.5. The van der Waals surface area contributed by atoms with Crippen LogP contribution in [0, 0.1) is 5.92 Å². The zero-order valence-electron chi connectivity index (χ0n) is 18.7. The lowest BCUT2D eigenvalue weighted by molar-refractivity contribution is -0.117. The van der Waals surface area contributed by atoms with E-state index in [1.165, 1.54) is 27.6 Å². The van der Waals surface area contributed by atoms with Crippen LogP contribution in [0.1, 0.15) is 64.3 Å². The highest BCUT2D eigenvalue weighted by atomic mass is 32.1. The molecule has 0 spiro atoms. The van der Waals surface area contributed by atoms with Gasteiger partial charge >= 0.3 is 5.97 Å². The monoisotopic (exact) mass is 486 g/mol. The Hall–Kier alpha value is -2.59. The van der Waals surface area contributed by atoms with Crippen molar-refractivity contribution in [2.45, 2.75) is 65.3 Å². The Kier molecular flexibility index (Phi) is 6.05. The maximum Gasteiger partial charge on any atom is 0.341 e. The largest absolute Gasteiger partial charge is 0.462 e. The van der Waals surface area contributed by atoms with Gasteiger partial charge in [-0.3, -0.25) is 9.59 Å². The van der Waals surface area contributed by atoms with Gasteiger partial charge in [0.15, 0.2) is 4.83 Å². The average molecular weight is 487 g/mol. The number of nitrogens with zero attached hydrogens (tertiary/aromatic N) is 3. The van der Waals surface area contributed by atoms with Gasteiger partial charge in [0, 0.05) is 9.75 Å². The van der Waals surface area contributed by atoms with Crippen LogP contribution in [0.5, 0.6) is 0 Å². The van der Waals surface area contributed by atoms with Gasteiger partial charge in [0.1, 0.15) is 11.5 Å². The molecule has 1 atom stereocenters. The third-order valence-corrected chi connectivity index (χ3v) is 8.73. The first-order valence-electron chi connectivity index (χ1n) is 11.5. The zero-order chi connectivity index (χ0) is 23.1. The van der Waals surface area contributed by atoms with Gasteiger partial charge in [0.05, 0.1) is 17.6 Å². The lowest BCUT2D eigenvalue weighted by atomic mass is 9.88. The van der Waals surface area contributed by atoms with Crippen molar-refractivity contribution >= 4 is 49.8 Å². The van der Waals surface area contributed by atoms with E-state index in [9.17, 15) is 14.4 Å². The first-order chi connectivity index (χ1) is 16.0. The first kappa shape index (κ1) is 22.2. The molecule has 2 aliphatic carbocycles. The maximum atomic E-state index is 13.1. The summed E-state index contributed by atoms with van der Waals surface area (Å²) in [6, 6.07) is 0. The minimum atomic E-state index is -0.414. The van der Waals surface area contributed by atoms with Crippen LogP contribution in [0.4, 0.5) is 5.00 Å². The summed E-state index contributed by atoms with van der Waals surface area (Å²) in [7, 11) is 0. The molecule has 0 aromatic carbocycles. The van der Waals surface area contributed by atoms with E-state index < -0.39 is 11.9 Å². The van der Waals surface area contributed by atoms with E-state index in [-0.39, 0.29) is 18.7 Å². The first-order valence-corrected chi connectivity index (χ1v) is 13.1. The second kappa shape index (κ2) is 8.98. The van der Waals surface area contributed by atoms with Gasteiger partial charge in [0.25, 0.3) is 5.56 Å². The van der Waals surface area contributed by atoms with Gasteiger partial charge in [-0.2, -0.15) is 0 Å². The van der Waals surface area contributed by atoms with Crippen molar-refractivity contribution < 1.29 is 14.3 Å². The van der Waals surface area contributed by atoms with E-state index in [0.29, 0.717) is 26.7 Å². The summed E-state index contributed by atoms with van der Waals surface area (Å²) in [5.41, 5.74) is 2.23. The predicted molar refractivity (Wildman–Crippen MR) is 128 cm³/mol. The molecule has 1 N–H and O–H groups in total. The molecule has 0 radical (unpaired) electrons. The Morgan fingerprint density at radius 3 is 2.79 bits per heavy atom. The number of rotatable bonds is 5. The summed E-state index contributed by atoms with van der Waals surface area (Å²) in [5.74, 6) is -0.290. The third kappa shape index (κ3) is 4.10. The fraction of sp³-hybridized carbons (Fsp3) is 0.522. The Labute approximate surface area is 199 Å². The van der Waals surface area contributed by atoms with Crippen molar-refractivity contribution in [2.75, 3.05) is 11.9 Å². The van der Waals surface area contributed by atoms with Gasteiger partial charge in [-0.1, -0.05) is 12.1 Å². The molecule has 10 heteroatoms. The number of ether oxygens (including phenoxy) is 1. The van der Waals surface area contributed by atoms with Gasteiger partial charge < -0.3 is 10.1 Å². The number of aromatic nitrogens is 3. The summed E-state index contributed by atoms with van der Waals surface area (Å²) in [6.07, 6.45) is 6.68. The van der Waals surface area contributed by atoms with Crippen LogP contribution >= 0.6 is 22.7 Å². The molecule has 3 heterocycles. The van der Waals surface area contributed by atoms with Crippen LogP contribution in [0.3, 0.4) is 0 Å². The standard InChI is InChI=1S/C23H26N4O4S2/c1-3-31-23(30)19-14-9-8-12(2)10-16(14)33-20(19)24-17(28)11-27-22(29)18-13-6-4-5-7-15(13)32-21(18)25-26-27/h12H,3-11H2,1-2H3,(H,24,28). The molecule has 1 amide bonds. The number of thiophene rings is 2. The molecule has 0 fully saturated rings. The molecule has 3 aromatic rings. The molecule has 33 heavy (non-hydrogen) atoms. The summed E-state index contributed by atoms with van der Waals surface area (Å²) in [6.45, 7) is 3.97. The highest BCUT2D eigenvalue weighted by molar-refractivity contribution is 7.18. The number of hydrogen-bond donors (Lipinski definition) is 1. The summed E-state index contributed by atoms with van der Waals surface area (Å²) < 4.78 is 6.39. The molecular weight excluding hydrogens is 460 g/mol. The third-order valence-electron chi connectivity index (χ3n) is 6.38. The SMILES string of the molecule is CCOC(=O)c1c(NC(=O)Cn2nnc3sc4c(c3c2=O)CCCC4)sc2c1CCC(C)C2. The number of carbonyl (C=O) groups is 2. The van der Waals surface area contributed by atoms with Crippen molar-refractivity contribution in [2.24, 2.45) is 5.92 Å². The van der Waals surface area contributed by atoms with Crippen LogP contribution in [0.2, 0.25) is 0 Å². The van der Waals surface area contributed by atoms with Gasteiger partial charge in [-0.05, 0) is 68.9 Å². The van der Waals surface area contributed by atoms with Crippen LogP contribution in [0.25, 0.3) is 10.2 Å². The van der Waals surface area contributed by atoms with E-state index >= 15 is 0 Å². The highest BCUT2D eigenvalue weighted by Crippen LogP contribution is 2.40. The van der Waals surface area contributed by atoms with Crippen molar-refractivity contribution in [1.82, 2.24) is 15.0 Å². The smallest absolute Gasteiger partial charge is 0.341 e. The van der Waals surface area contributed by atoms with E-state index in [4.69, 9.17) is 4.74 Å². The van der Waals surface area contributed by atoms with E-state index in [1.54, 1.807) is 6.92 Å². The van der Waals surface area contributed by atoms with E-state index in [2.05, 4.69) is 22.6 Å². The Bertz CT molecular complexity index is 1310. The number of hydrogen-bond acceptors (Lipinski definition) is 8. The second-order valence-electron chi connectivity index (χ2n) is 8.77. The van der Waals surface area contributed by atoms with E-state index in [1.807, 2.05) is 0 Å². The zero-order valence-corrected chi connectivity index (χ0v) is 20.4. The van der Waals surface area contributed by atoms with Crippen LogP contribution in [0.15, 0.2) is 4.79 Å². The van der Waals surface area contributed by atoms with Crippen molar-refractivity contribution in [3.63, 3.8) is 0 Å². The number of nitrogens with one attached hydrogen (secondary N) is 1. The molecule has 8 nitrogen and oxygen atoms in total. The quantitative estimate of drug-likeness (QED) is 0.551. The molecule has 2 aliphatic rings. The minimum Gasteiger partial charge on any atom is -0.462 e. The number of amides is 1. The maximum absolute atomic E-state index is 13.1. The predicted octanol–water partition coefficient (Wildman–Crippen LogP) is 3.73. The molecule has 3 aromatic heterocycles. The van der Waals surface area contributed by atoms with E-state index in [0.717, 1.165) is 65.6 Å². The molecule has 0 bridgehead atoms.